The van der Waals surface area contributed by atoms with Gasteiger partial charge in [-0.15, -0.1) is 0 Å². The second kappa shape index (κ2) is 5.87. The van der Waals surface area contributed by atoms with Crippen molar-refractivity contribution in [1.29, 1.82) is 0 Å². The van der Waals surface area contributed by atoms with Crippen molar-refractivity contribution in [2.75, 3.05) is 0 Å². The highest BCUT2D eigenvalue weighted by atomic mass is 32.2. The molecular formula is C11H16N4O3S. The zero-order valence-corrected chi connectivity index (χ0v) is 11.0. The Morgan fingerprint density at radius 1 is 1.32 bits per heavy atom. The molecule has 1 saturated carbocycles. The van der Waals surface area contributed by atoms with Crippen molar-refractivity contribution in [3.63, 3.8) is 0 Å². The number of hydrogen-bond acceptors (Lipinski definition) is 4. The van der Waals surface area contributed by atoms with Gasteiger partial charge < -0.3 is 21.1 Å². The Kier molecular flexibility index (Phi) is 4.20. The van der Waals surface area contributed by atoms with E-state index in [-0.39, 0.29) is 11.5 Å². The molecule has 3 aliphatic rings. The first-order valence-electron chi connectivity index (χ1n) is 5.93. The summed E-state index contributed by atoms with van der Waals surface area (Å²) in [6.45, 7) is 0. The molecule has 0 aromatic carbocycles. The zero-order chi connectivity index (χ0) is 13.8. The third-order valence-electron chi connectivity index (χ3n) is 3.01. The van der Waals surface area contributed by atoms with Gasteiger partial charge in [0.25, 0.3) is 0 Å². The summed E-state index contributed by atoms with van der Waals surface area (Å²) in [6, 6.07) is -0.155. The van der Waals surface area contributed by atoms with Crippen LogP contribution in [-0.2, 0) is 0 Å². The number of urea groups is 1. The lowest BCUT2D eigenvalue weighted by Gasteiger charge is -2.24. The fraction of sp³-hybridized carbons (Fsp3) is 0.455. The second-order valence-corrected chi connectivity index (χ2v) is 5.28. The molecule has 4 N–H and O–H groups in total. The Balaban J connectivity index is 0.000000148. The lowest BCUT2D eigenvalue weighted by atomic mass is 9.93. The highest BCUT2D eigenvalue weighted by molar-refractivity contribution is 8.02. The predicted octanol–water partition coefficient (Wildman–Crippen LogP) is 1.46. The molecule has 2 heterocycles. The standard InChI is InChI=1S/C6H7N3OS.C5H9NO2/c7-5(10)9-2-1-8-3-4-11-6(8)9;7-5(8)6-4-2-1-3-4/h1-4,6H,(H2,7,10);4,6H,1-3H2,(H,7,8). The molecular weight excluding hydrogens is 268 g/mol. The minimum absolute atomic E-state index is 0.0208. The smallest absolute Gasteiger partial charge is 0.404 e. The van der Waals surface area contributed by atoms with E-state index in [0.717, 1.165) is 12.8 Å². The van der Waals surface area contributed by atoms with E-state index in [1.807, 2.05) is 22.7 Å². The van der Waals surface area contributed by atoms with Crippen LogP contribution in [0.25, 0.3) is 0 Å². The van der Waals surface area contributed by atoms with Gasteiger partial charge >= 0.3 is 12.1 Å². The van der Waals surface area contributed by atoms with Gasteiger partial charge in [0.05, 0.1) is 0 Å². The molecule has 0 spiro atoms. The van der Waals surface area contributed by atoms with E-state index >= 15 is 0 Å². The molecule has 0 saturated heterocycles. The lowest BCUT2D eigenvalue weighted by Crippen LogP contribution is -2.38. The molecule has 0 aromatic heterocycles. The molecule has 8 heteroatoms. The van der Waals surface area contributed by atoms with Gasteiger partial charge in [0.2, 0.25) is 0 Å². The van der Waals surface area contributed by atoms with Gasteiger partial charge in [0.1, 0.15) is 0 Å². The summed E-state index contributed by atoms with van der Waals surface area (Å²) in [5.74, 6) is 0. The Labute approximate surface area is 115 Å². The molecule has 1 fully saturated rings. The number of fused-ring (bicyclic) bond motifs is 1. The Bertz CT molecular complexity index is 422. The van der Waals surface area contributed by atoms with Crippen LogP contribution in [-0.4, -0.2) is 38.6 Å². The SMILES string of the molecule is NC(=O)N1C=CN2C=CSC21.O=C(O)NC1CCC1. The number of hydrogen-bond donors (Lipinski definition) is 3. The largest absolute Gasteiger partial charge is 0.465 e. The summed E-state index contributed by atoms with van der Waals surface area (Å²) in [7, 11) is 0. The third kappa shape index (κ3) is 3.34. The highest BCUT2D eigenvalue weighted by Gasteiger charge is 2.30. The van der Waals surface area contributed by atoms with Crippen molar-refractivity contribution < 1.29 is 14.7 Å². The van der Waals surface area contributed by atoms with Crippen LogP contribution in [0.15, 0.2) is 24.0 Å². The first-order valence-corrected chi connectivity index (χ1v) is 6.87. The number of primary amides is 1. The van der Waals surface area contributed by atoms with Crippen LogP contribution in [0.3, 0.4) is 0 Å². The average molecular weight is 284 g/mol. The fourth-order valence-corrected chi connectivity index (χ4v) is 2.72. The Morgan fingerprint density at radius 3 is 2.53 bits per heavy atom. The first kappa shape index (κ1) is 13.6. The number of amides is 3. The average Bonchev–Trinajstić information content (AvgIpc) is 2.85. The van der Waals surface area contributed by atoms with E-state index in [9.17, 15) is 9.59 Å². The minimum atomic E-state index is -0.894. The van der Waals surface area contributed by atoms with E-state index in [1.165, 1.54) is 11.3 Å². The molecule has 2 aliphatic heterocycles. The third-order valence-corrected chi connectivity index (χ3v) is 4.01. The van der Waals surface area contributed by atoms with Crippen LogP contribution < -0.4 is 11.1 Å². The molecule has 3 rings (SSSR count). The summed E-state index contributed by atoms with van der Waals surface area (Å²) < 4.78 is 0. The van der Waals surface area contributed by atoms with Gasteiger partial charge in [-0.25, -0.2) is 9.59 Å². The van der Waals surface area contributed by atoms with E-state index in [4.69, 9.17) is 10.8 Å². The van der Waals surface area contributed by atoms with Crippen LogP contribution in [0.1, 0.15) is 19.3 Å². The van der Waals surface area contributed by atoms with Gasteiger partial charge in [-0.2, -0.15) is 0 Å². The molecule has 104 valence electrons. The lowest BCUT2D eigenvalue weighted by molar-refractivity contribution is 0.182. The second-order valence-electron chi connectivity index (χ2n) is 4.32. The maximum atomic E-state index is 10.8. The van der Waals surface area contributed by atoms with Crippen molar-refractivity contribution in [2.24, 2.45) is 5.73 Å². The summed E-state index contributed by atoms with van der Waals surface area (Å²) in [5, 5.41) is 12.5. The first-order chi connectivity index (χ1) is 9.08. The summed E-state index contributed by atoms with van der Waals surface area (Å²) in [6.07, 6.45) is 7.74. The molecule has 1 atom stereocenters. The number of carbonyl (C=O) groups is 2. The van der Waals surface area contributed by atoms with Crippen molar-refractivity contribution in [2.45, 2.75) is 30.8 Å². The zero-order valence-electron chi connectivity index (χ0n) is 10.2. The molecule has 1 unspecified atom stereocenters. The van der Waals surface area contributed by atoms with E-state index in [2.05, 4.69) is 5.32 Å². The van der Waals surface area contributed by atoms with Crippen molar-refractivity contribution in [1.82, 2.24) is 15.1 Å². The van der Waals surface area contributed by atoms with Gasteiger partial charge in [-0.1, -0.05) is 11.8 Å². The number of thioether (sulfide) groups is 1. The highest BCUT2D eigenvalue weighted by Crippen LogP contribution is 2.32. The number of carboxylic acid groups (broad SMARTS) is 1. The van der Waals surface area contributed by atoms with Crippen LogP contribution in [0, 0.1) is 0 Å². The molecule has 0 radical (unpaired) electrons. The van der Waals surface area contributed by atoms with Crippen LogP contribution in [0.4, 0.5) is 9.59 Å². The number of nitrogens with two attached hydrogens (primary N) is 1. The maximum Gasteiger partial charge on any atom is 0.404 e. The van der Waals surface area contributed by atoms with Gasteiger partial charge in [-0.3, -0.25) is 4.90 Å². The quantitative estimate of drug-likeness (QED) is 0.677. The maximum absolute atomic E-state index is 10.8. The molecule has 0 bridgehead atoms. The van der Waals surface area contributed by atoms with Crippen LogP contribution >= 0.6 is 11.8 Å². The summed E-state index contributed by atoms with van der Waals surface area (Å²) >= 11 is 1.56. The molecule has 19 heavy (non-hydrogen) atoms. The van der Waals surface area contributed by atoms with Gasteiger partial charge in [-0.05, 0) is 24.7 Å². The molecule has 1 aliphatic carbocycles. The molecule has 0 aromatic rings. The number of carbonyl (C=O) groups excluding carboxylic acids is 1. The van der Waals surface area contributed by atoms with Crippen molar-refractivity contribution in [3.8, 4) is 0 Å². The monoisotopic (exact) mass is 284 g/mol. The topological polar surface area (TPSA) is 98.9 Å². The van der Waals surface area contributed by atoms with E-state index < -0.39 is 12.1 Å². The predicted molar refractivity (Wildman–Crippen MR) is 71.7 cm³/mol. The molecule has 7 nitrogen and oxygen atoms in total. The Morgan fingerprint density at radius 2 is 2.05 bits per heavy atom. The van der Waals surface area contributed by atoms with Crippen molar-refractivity contribution in [3.05, 3.63) is 24.0 Å². The molecule has 3 amide bonds. The number of rotatable bonds is 1. The van der Waals surface area contributed by atoms with Crippen LogP contribution in [0.2, 0.25) is 0 Å². The van der Waals surface area contributed by atoms with Gasteiger partial charge in [0, 0.05) is 24.6 Å². The number of nitrogens with zero attached hydrogens (tertiary/aromatic N) is 2. The van der Waals surface area contributed by atoms with E-state index in [1.54, 1.807) is 18.0 Å². The minimum Gasteiger partial charge on any atom is -0.465 e. The summed E-state index contributed by atoms with van der Waals surface area (Å²) in [5.41, 5.74) is 5.14. The fourth-order valence-electron chi connectivity index (χ4n) is 1.78. The summed E-state index contributed by atoms with van der Waals surface area (Å²) in [4.78, 5) is 24.1. The van der Waals surface area contributed by atoms with Crippen molar-refractivity contribution >= 4 is 23.9 Å². The normalized spacial score (nSPS) is 23.5. The van der Waals surface area contributed by atoms with Crippen LogP contribution in [0.5, 0.6) is 0 Å². The Hall–Kier alpha value is -1.83. The van der Waals surface area contributed by atoms with E-state index in [0.29, 0.717) is 0 Å². The van der Waals surface area contributed by atoms with Gasteiger partial charge in [0.15, 0.2) is 5.50 Å². The number of nitrogens with one attached hydrogen (secondary N) is 1.